The molecule has 5 heteroatoms. The van der Waals surface area contributed by atoms with Crippen molar-refractivity contribution in [2.45, 2.75) is 12.5 Å². The second-order valence-electron chi connectivity index (χ2n) is 3.79. The highest BCUT2D eigenvalue weighted by Crippen LogP contribution is 2.12. The lowest BCUT2D eigenvalue weighted by atomic mass is 10.1. The Morgan fingerprint density at radius 2 is 2.17 bits per heavy atom. The number of anilines is 1. The van der Waals surface area contributed by atoms with E-state index in [0.29, 0.717) is 12.2 Å². The van der Waals surface area contributed by atoms with E-state index in [-0.39, 0.29) is 5.97 Å². The van der Waals surface area contributed by atoms with Crippen LogP contribution in [0.3, 0.4) is 0 Å². The molecule has 1 atom stereocenters. The van der Waals surface area contributed by atoms with Crippen molar-refractivity contribution in [3.05, 3.63) is 47.3 Å². The van der Waals surface area contributed by atoms with Gasteiger partial charge in [0.2, 0.25) is 0 Å². The van der Waals surface area contributed by atoms with Gasteiger partial charge in [0.1, 0.15) is 11.9 Å². The van der Waals surface area contributed by atoms with Crippen molar-refractivity contribution in [1.29, 1.82) is 0 Å². The Morgan fingerprint density at radius 1 is 1.39 bits per heavy atom. The topological polar surface area (TPSA) is 51.2 Å². The molecule has 18 heavy (non-hydrogen) atoms. The molecule has 2 rings (SSSR count). The Balaban J connectivity index is 2.08. The number of benzene rings is 1. The zero-order chi connectivity index (χ0) is 12.8. The summed E-state index contributed by atoms with van der Waals surface area (Å²) >= 11 is 1.34. The van der Waals surface area contributed by atoms with E-state index in [9.17, 15) is 4.79 Å². The summed E-state index contributed by atoms with van der Waals surface area (Å²) in [6.07, 6.45) is 0.574. The molecule has 2 aromatic rings. The Hall–Kier alpha value is -1.88. The Kier molecular flexibility index (Phi) is 4.30. The maximum Gasteiger partial charge on any atom is 0.328 e. The summed E-state index contributed by atoms with van der Waals surface area (Å²) in [5.41, 5.74) is 1.08. The molecule has 4 nitrogen and oxygen atoms in total. The second kappa shape index (κ2) is 6.16. The molecule has 1 aromatic heterocycles. The Bertz CT molecular complexity index is 485. The summed E-state index contributed by atoms with van der Waals surface area (Å²) in [6.45, 7) is 0. The van der Waals surface area contributed by atoms with Gasteiger partial charge in [-0.2, -0.15) is 4.37 Å². The number of esters is 1. The van der Waals surface area contributed by atoms with E-state index in [2.05, 4.69) is 9.69 Å². The first-order chi connectivity index (χ1) is 8.79. The van der Waals surface area contributed by atoms with E-state index in [1.807, 2.05) is 41.8 Å². The molecule has 1 aromatic carbocycles. The molecule has 0 aliphatic carbocycles. The van der Waals surface area contributed by atoms with E-state index >= 15 is 0 Å². The molecule has 1 heterocycles. The fourth-order valence-corrected chi connectivity index (χ4v) is 2.13. The molecule has 0 aliphatic rings. The van der Waals surface area contributed by atoms with Gasteiger partial charge in [0.05, 0.1) is 7.11 Å². The van der Waals surface area contributed by atoms with E-state index in [1.165, 1.54) is 18.6 Å². The molecule has 0 spiro atoms. The van der Waals surface area contributed by atoms with E-state index in [0.717, 1.165) is 5.56 Å². The predicted molar refractivity (Wildman–Crippen MR) is 71.7 cm³/mol. The molecule has 0 radical (unpaired) electrons. The van der Waals surface area contributed by atoms with Crippen molar-refractivity contribution in [1.82, 2.24) is 4.37 Å². The highest BCUT2D eigenvalue weighted by molar-refractivity contribution is 7.03. The van der Waals surface area contributed by atoms with Crippen molar-refractivity contribution in [3.8, 4) is 0 Å². The maximum absolute atomic E-state index is 11.7. The highest BCUT2D eigenvalue weighted by Gasteiger charge is 2.20. The number of nitrogens with zero attached hydrogens (tertiary/aromatic N) is 1. The van der Waals surface area contributed by atoms with Gasteiger partial charge >= 0.3 is 5.97 Å². The molecular formula is C13H14N2O2S. The third-order valence-electron chi connectivity index (χ3n) is 2.53. The van der Waals surface area contributed by atoms with Crippen LogP contribution in [0.5, 0.6) is 0 Å². The van der Waals surface area contributed by atoms with Crippen molar-refractivity contribution in [2.75, 3.05) is 12.4 Å². The van der Waals surface area contributed by atoms with Crippen LogP contribution in [-0.4, -0.2) is 23.5 Å². The van der Waals surface area contributed by atoms with Crippen LogP contribution in [0.25, 0.3) is 0 Å². The van der Waals surface area contributed by atoms with Crippen molar-refractivity contribution in [2.24, 2.45) is 0 Å². The monoisotopic (exact) mass is 262 g/mol. The van der Waals surface area contributed by atoms with Crippen LogP contribution < -0.4 is 5.32 Å². The zero-order valence-electron chi connectivity index (χ0n) is 10.00. The van der Waals surface area contributed by atoms with Crippen LogP contribution in [0.2, 0.25) is 0 Å². The molecule has 0 saturated heterocycles. The SMILES string of the molecule is COC(=O)C(Cc1ccccc1)Nc1ccsn1. The van der Waals surface area contributed by atoms with Crippen LogP contribution in [0.15, 0.2) is 41.8 Å². The Morgan fingerprint density at radius 3 is 2.78 bits per heavy atom. The molecule has 0 saturated carbocycles. The average Bonchev–Trinajstić information content (AvgIpc) is 2.91. The van der Waals surface area contributed by atoms with Gasteiger partial charge in [0.15, 0.2) is 0 Å². The minimum absolute atomic E-state index is 0.285. The molecule has 1 unspecified atom stereocenters. The number of nitrogens with one attached hydrogen (secondary N) is 1. The van der Waals surface area contributed by atoms with Gasteiger partial charge in [0, 0.05) is 11.8 Å². The number of aromatic nitrogens is 1. The van der Waals surface area contributed by atoms with Gasteiger partial charge in [-0.1, -0.05) is 30.3 Å². The standard InChI is InChI=1S/C13H14N2O2S/c1-17-13(16)11(14-12-7-8-18-15-12)9-10-5-3-2-4-6-10/h2-8,11H,9H2,1H3,(H,14,15). The summed E-state index contributed by atoms with van der Waals surface area (Å²) in [5, 5.41) is 4.94. The third kappa shape index (κ3) is 3.30. The number of carbonyl (C=O) groups is 1. The summed E-state index contributed by atoms with van der Waals surface area (Å²) in [7, 11) is 1.39. The quantitative estimate of drug-likeness (QED) is 0.840. The normalized spacial score (nSPS) is 11.8. The summed E-state index contributed by atoms with van der Waals surface area (Å²) in [4.78, 5) is 11.7. The molecule has 0 aliphatic heterocycles. The molecule has 0 bridgehead atoms. The van der Waals surface area contributed by atoms with Crippen molar-refractivity contribution < 1.29 is 9.53 Å². The lowest BCUT2D eigenvalue weighted by Crippen LogP contribution is -2.32. The van der Waals surface area contributed by atoms with Crippen molar-refractivity contribution >= 4 is 23.3 Å². The van der Waals surface area contributed by atoms with Crippen LogP contribution in [0.1, 0.15) is 5.56 Å². The molecular weight excluding hydrogens is 248 g/mol. The smallest absolute Gasteiger partial charge is 0.328 e. The van der Waals surface area contributed by atoms with Crippen LogP contribution in [-0.2, 0) is 16.0 Å². The number of ether oxygens (including phenoxy) is 1. The van der Waals surface area contributed by atoms with Gasteiger partial charge in [-0.25, -0.2) is 4.79 Å². The average molecular weight is 262 g/mol. The van der Waals surface area contributed by atoms with Crippen LogP contribution >= 0.6 is 11.5 Å². The maximum atomic E-state index is 11.7. The third-order valence-corrected chi connectivity index (χ3v) is 3.09. The highest BCUT2D eigenvalue weighted by atomic mass is 32.1. The van der Waals surface area contributed by atoms with E-state index < -0.39 is 6.04 Å². The lowest BCUT2D eigenvalue weighted by Gasteiger charge is -2.15. The van der Waals surface area contributed by atoms with E-state index in [4.69, 9.17) is 4.74 Å². The van der Waals surface area contributed by atoms with Gasteiger partial charge in [-0.3, -0.25) is 0 Å². The molecule has 0 amide bonds. The van der Waals surface area contributed by atoms with E-state index in [1.54, 1.807) is 0 Å². The largest absolute Gasteiger partial charge is 0.467 e. The first kappa shape index (κ1) is 12.6. The van der Waals surface area contributed by atoms with Gasteiger partial charge in [-0.15, -0.1) is 0 Å². The number of rotatable bonds is 5. The predicted octanol–water partition coefficient (Wildman–Crippen LogP) is 2.34. The lowest BCUT2D eigenvalue weighted by molar-refractivity contribution is -0.141. The molecule has 1 N–H and O–H groups in total. The summed E-state index contributed by atoms with van der Waals surface area (Å²) < 4.78 is 8.94. The number of methoxy groups -OCH3 is 1. The summed E-state index contributed by atoms with van der Waals surface area (Å²) in [5.74, 6) is 0.415. The first-order valence-corrected chi connectivity index (χ1v) is 6.42. The second-order valence-corrected chi connectivity index (χ2v) is 4.46. The number of hydrogen-bond donors (Lipinski definition) is 1. The fourth-order valence-electron chi connectivity index (χ4n) is 1.65. The summed E-state index contributed by atoms with van der Waals surface area (Å²) in [6, 6.07) is 11.2. The van der Waals surface area contributed by atoms with Gasteiger partial charge in [0.25, 0.3) is 0 Å². The minimum atomic E-state index is -0.417. The van der Waals surface area contributed by atoms with Gasteiger partial charge < -0.3 is 10.1 Å². The molecule has 0 fully saturated rings. The van der Waals surface area contributed by atoms with Crippen LogP contribution in [0, 0.1) is 0 Å². The van der Waals surface area contributed by atoms with Crippen molar-refractivity contribution in [3.63, 3.8) is 0 Å². The van der Waals surface area contributed by atoms with Crippen LogP contribution in [0.4, 0.5) is 5.82 Å². The number of carbonyl (C=O) groups excluding carboxylic acids is 1. The zero-order valence-corrected chi connectivity index (χ0v) is 10.8. The van der Waals surface area contributed by atoms with Gasteiger partial charge in [-0.05, 0) is 23.2 Å². The minimum Gasteiger partial charge on any atom is -0.467 e. The first-order valence-electron chi connectivity index (χ1n) is 5.58. The molecule has 94 valence electrons. The Labute approximate surface area is 110 Å². The fraction of sp³-hybridized carbons (Fsp3) is 0.231. The number of hydrogen-bond acceptors (Lipinski definition) is 5.